The van der Waals surface area contributed by atoms with E-state index in [1.165, 1.54) is 12.1 Å². The number of benzene rings is 2. The van der Waals surface area contributed by atoms with Crippen LogP contribution in [0.15, 0.2) is 34.8 Å². The molecule has 2 nitrogen and oxygen atoms in total. The summed E-state index contributed by atoms with van der Waals surface area (Å²) >= 11 is 8.34. The van der Waals surface area contributed by atoms with E-state index in [9.17, 15) is 18.0 Å². The normalized spacial score (nSPS) is 10.4. The zero-order chi connectivity index (χ0) is 14.9. The van der Waals surface area contributed by atoms with E-state index in [2.05, 4.69) is 21.2 Å². The number of hydrogen-bond acceptors (Lipinski definition) is 1. The summed E-state index contributed by atoms with van der Waals surface area (Å²) in [7, 11) is 0. The van der Waals surface area contributed by atoms with Gasteiger partial charge in [-0.15, -0.1) is 0 Å². The monoisotopic (exact) mass is 363 g/mol. The van der Waals surface area contributed by atoms with E-state index in [4.69, 9.17) is 11.6 Å². The quantitative estimate of drug-likeness (QED) is 0.764. The summed E-state index contributed by atoms with van der Waals surface area (Å²) in [5.41, 5.74) is -0.259. The average molecular weight is 365 g/mol. The lowest BCUT2D eigenvalue weighted by Crippen LogP contribution is -2.14. The minimum atomic E-state index is -0.949. The zero-order valence-corrected chi connectivity index (χ0v) is 12.0. The molecule has 1 N–H and O–H groups in total. The summed E-state index contributed by atoms with van der Waals surface area (Å²) in [5, 5.41) is 1.92. The van der Waals surface area contributed by atoms with Gasteiger partial charge in [-0.1, -0.05) is 11.6 Å². The number of amides is 1. The lowest BCUT2D eigenvalue weighted by atomic mass is 10.2. The minimum Gasteiger partial charge on any atom is -0.322 e. The molecule has 104 valence electrons. The number of anilines is 1. The zero-order valence-electron chi connectivity index (χ0n) is 9.68. The molecule has 0 aliphatic carbocycles. The van der Waals surface area contributed by atoms with Crippen LogP contribution in [0.4, 0.5) is 18.9 Å². The molecule has 20 heavy (non-hydrogen) atoms. The van der Waals surface area contributed by atoms with Crippen LogP contribution in [-0.2, 0) is 0 Å². The Morgan fingerprint density at radius 3 is 2.40 bits per heavy atom. The first kappa shape index (κ1) is 14.9. The largest absolute Gasteiger partial charge is 0.322 e. The highest BCUT2D eigenvalue weighted by Gasteiger charge is 2.16. The van der Waals surface area contributed by atoms with Crippen molar-refractivity contribution in [3.8, 4) is 0 Å². The molecular formula is C13H6BrClF3NO. The third-order valence-corrected chi connectivity index (χ3v) is 3.33. The van der Waals surface area contributed by atoms with E-state index >= 15 is 0 Å². The third kappa shape index (κ3) is 3.13. The van der Waals surface area contributed by atoms with E-state index in [0.29, 0.717) is 12.1 Å². The van der Waals surface area contributed by atoms with Crippen molar-refractivity contribution >= 4 is 39.1 Å². The molecule has 0 saturated carbocycles. The fourth-order valence-electron chi connectivity index (χ4n) is 1.47. The van der Waals surface area contributed by atoms with Crippen LogP contribution < -0.4 is 5.32 Å². The summed E-state index contributed by atoms with van der Waals surface area (Å²) in [4.78, 5) is 11.8. The van der Waals surface area contributed by atoms with Gasteiger partial charge in [0.15, 0.2) is 0 Å². The second-order valence-corrected chi connectivity index (χ2v) is 5.09. The summed E-state index contributed by atoms with van der Waals surface area (Å²) < 4.78 is 40.0. The Kier molecular flexibility index (Phi) is 4.35. The topological polar surface area (TPSA) is 29.1 Å². The van der Waals surface area contributed by atoms with Crippen LogP contribution in [0.5, 0.6) is 0 Å². The van der Waals surface area contributed by atoms with Crippen molar-refractivity contribution < 1.29 is 18.0 Å². The van der Waals surface area contributed by atoms with Gasteiger partial charge < -0.3 is 5.32 Å². The molecule has 0 radical (unpaired) electrons. The first-order chi connectivity index (χ1) is 9.38. The minimum absolute atomic E-state index is 0.137. The number of nitrogens with one attached hydrogen (secondary N) is 1. The second kappa shape index (κ2) is 5.85. The van der Waals surface area contributed by atoms with Crippen molar-refractivity contribution in [3.63, 3.8) is 0 Å². The summed E-state index contributed by atoms with van der Waals surface area (Å²) in [6, 6.07) is 5.13. The first-order valence-corrected chi connectivity index (χ1v) is 6.46. The summed E-state index contributed by atoms with van der Waals surface area (Å²) in [5.74, 6) is -3.23. The highest BCUT2D eigenvalue weighted by molar-refractivity contribution is 9.10. The SMILES string of the molecule is O=C(Nc1ccc(F)c(Br)c1)c1cc(F)c(Cl)cc1F. The van der Waals surface area contributed by atoms with Crippen LogP contribution in [0.1, 0.15) is 10.4 Å². The Morgan fingerprint density at radius 1 is 1.05 bits per heavy atom. The smallest absolute Gasteiger partial charge is 0.258 e. The Bertz CT molecular complexity index is 694. The van der Waals surface area contributed by atoms with Gasteiger partial charge in [0.1, 0.15) is 17.5 Å². The van der Waals surface area contributed by atoms with E-state index in [-0.39, 0.29) is 10.2 Å². The molecule has 0 saturated heterocycles. The van der Waals surface area contributed by atoms with Crippen LogP contribution in [-0.4, -0.2) is 5.91 Å². The summed E-state index contributed by atoms with van der Waals surface area (Å²) in [6.07, 6.45) is 0. The Morgan fingerprint density at radius 2 is 1.75 bits per heavy atom. The molecule has 0 aliphatic rings. The number of rotatable bonds is 2. The van der Waals surface area contributed by atoms with Gasteiger partial charge in [-0.3, -0.25) is 4.79 Å². The molecule has 0 aliphatic heterocycles. The van der Waals surface area contributed by atoms with Gasteiger partial charge in [0.05, 0.1) is 15.1 Å². The van der Waals surface area contributed by atoms with Crippen LogP contribution >= 0.6 is 27.5 Å². The molecule has 2 aromatic carbocycles. The molecular weight excluding hydrogens is 359 g/mol. The van der Waals surface area contributed by atoms with Gasteiger partial charge in [-0.2, -0.15) is 0 Å². The number of carbonyl (C=O) groups excluding carboxylic acids is 1. The van der Waals surface area contributed by atoms with Gasteiger partial charge in [0, 0.05) is 5.69 Å². The van der Waals surface area contributed by atoms with Crippen molar-refractivity contribution in [1.82, 2.24) is 0 Å². The predicted molar refractivity (Wildman–Crippen MR) is 73.4 cm³/mol. The molecule has 0 unspecified atom stereocenters. The average Bonchev–Trinajstić information content (AvgIpc) is 2.38. The van der Waals surface area contributed by atoms with Crippen LogP contribution in [0.25, 0.3) is 0 Å². The number of carbonyl (C=O) groups is 1. The van der Waals surface area contributed by atoms with Gasteiger partial charge >= 0.3 is 0 Å². The first-order valence-electron chi connectivity index (χ1n) is 5.29. The fourth-order valence-corrected chi connectivity index (χ4v) is 2.00. The van der Waals surface area contributed by atoms with Crippen molar-refractivity contribution in [2.24, 2.45) is 0 Å². The van der Waals surface area contributed by atoms with Crippen LogP contribution in [0.2, 0.25) is 5.02 Å². The molecule has 0 atom stereocenters. The molecule has 0 heterocycles. The van der Waals surface area contributed by atoms with Crippen molar-refractivity contribution in [3.05, 3.63) is 62.8 Å². The molecule has 0 fully saturated rings. The number of hydrogen-bond donors (Lipinski definition) is 1. The van der Waals surface area contributed by atoms with Crippen molar-refractivity contribution in [1.29, 1.82) is 0 Å². The molecule has 0 spiro atoms. The lowest BCUT2D eigenvalue weighted by molar-refractivity contribution is 0.102. The van der Waals surface area contributed by atoms with E-state index in [0.717, 1.165) is 6.07 Å². The maximum Gasteiger partial charge on any atom is 0.258 e. The molecule has 7 heteroatoms. The van der Waals surface area contributed by atoms with Gasteiger partial charge in [0.2, 0.25) is 0 Å². The summed E-state index contributed by atoms with van der Waals surface area (Å²) in [6.45, 7) is 0. The maximum absolute atomic E-state index is 13.5. The standard InChI is InChI=1S/C13H6BrClF3NO/c14-8-3-6(1-2-10(8)16)19-13(20)7-4-12(18)9(15)5-11(7)17/h1-5H,(H,19,20). The number of halogens is 5. The van der Waals surface area contributed by atoms with Gasteiger partial charge in [0.25, 0.3) is 5.91 Å². The molecule has 0 bridgehead atoms. The fraction of sp³-hybridized carbons (Fsp3) is 0. The van der Waals surface area contributed by atoms with Gasteiger partial charge in [-0.25, -0.2) is 13.2 Å². The van der Waals surface area contributed by atoms with Crippen LogP contribution in [0, 0.1) is 17.5 Å². The predicted octanol–water partition coefficient (Wildman–Crippen LogP) is 4.77. The molecule has 1 amide bonds. The Balaban J connectivity index is 2.28. The van der Waals surface area contributed by atoms with Crippen molar-refractivity contribution in [2.75, 3.05) is 5.32 Å². The van der Waals surface area contributed by atoms with E-state index in [1.54, 1.807) is 0 Å². The molecule has 0 aromatic heterocycles. The molecule has 2 aromatic rings. The Hall–Kier alpha value is -1.53. The van der Waals surface area contributed by atoms with Gasteiger partial charge in [-0.05, 0) is 46.3 Å². The Labute approximate surface area is 125 Å². The maximum atomic E-state index is 13.5. The van der Waals surface area contributed by atoms with Crippen LogP contribution in [0.3, 0.4) is 0 Å². The third-order valence-electron chi connectivity index (χ3n) is 2.43. The van der Waals surface area contributed by atoms with E-state index in [1.807, 2.05) is 0 Å². The lowest BCUT2D eigenvalue weighted by Gasteiger charge is -2.07. The second-order valence-electron chi connectivity index (χ2n) is 3.83. The highest BCUT2D eigenvalue weighted by Crippen LogP contribution is 2.23. The molecule has 2 rings (SSSR count). The van der Waals surface area contributed by atoms with E-state index < -0.39 is 33.9 Å². The van der Waals surface area contributed by atoms with Crippen molar-refractivity contribution in [2.45, 2.75) is 0 Å². The highest BCUT2D eigenvalue weighted by atomic mass is 79.9.